The van der Waals surface area contributed by atoms with E-state index in [-0.39, 0.29) is 0 Å². The Balaban J connectivity index is 1.79. The summed E-state index contributed by atoms with van der Waals surface area (Å²) in [6.45, 7) is 6.86. The van der Waals surface area contributed by atoms with Gasteiger partial charge in [-0.15, -0.1) is 0 Å². The van der Waals surface area contributed by atoms with E-state index >= 15 is 0 Å². The zero-order valence-corrected chi connectivity index (χ0v) is 12.5. The van der Waals surface area contributed by atoms with E-state index in [4.69, 9.17) is 0 Å². The lowest BCUT2D eigenvalue weighted by Gasteiger charge is -2.62. The molecule has 2 fully saturated rings. The van der Waals surface area contributed by atoms with Gasteiger partial charge >= 0.3 is 0 Å². The lowest BCUT2D eigenvalue weighted by atomic mass is 9.43. The van der Waals surface area contributed by atoms with Crippen molar-refractivity contribution in [3.05, 3.63) is 35.4 Å². The molecule has 0 heterocycles. The Morgan fingerprint density at radius 1 is 1.16 bits per heavy atom. The molecule has 0 aliphatic heterocycles. The van der Waals surface area contributed by atoms with Crippen molar-refractivity contribution in [1.82, 2.24) is 5.32 Å². The van der Waals surface area contributed by atoms with E-state index in [1.165, 1.54) is 50.6 Å². The van der Waals surface area contributed by atoms with Gasteiger partial charge in [-0.25, -0.2) is 0 Å². The minimum absolute atomic E-state index is 0.431. The fraction of sp³-hybridized carbons (Fsp3) is 0.667. The fourth-order valence-corrected chi connectivity index (χ4v) is 4.50. The first kappa shape index (κ1) is 13.2. The molecule has 1 nitrogen and oxygen atoms in total. The molecule has 3 rings (SSSR count). The molecule has 0 saturated heterocycles. The molecule has 1 N–H and O–H groups in total. The van der Waals surface area contributed by atoms with Crippen LogP contribution in [-0.2, 0) is 5.41 Å². The van der Waals surface area contributed by atoms with Gasteiger partial charge in [-0.1, -0.05) is 37.6 Å². The summed E-state index contributed by atoms with van der Waals surface area (Å²) in [4.78, 5) is 0. The quantitative estimate of drug-likeness (QED) is 0.780. The molecule has 0 unspecified atom stereocenters. The molecule has 1 aromatic carbocycles. The van der Waals surface area contributed by atoms with Crippen LogP contribution >= 0.6 is 0 Å². The Bertz CT molecular complexity index is 437. The number of rotatable bonds is 5. The number of hydrogen-bond acceptors (Lipinski definition) is 1. The molecule has 1 spiro atoms. The van der Waals surface area contributed by atoms with E-state index in [1.54, 1.807) is 5.56 Å². The molecule has 0 amide bonds. The highest BCUT2D eigenvalue weighted by molar-refractivity contribution is 5.38. The molecule has 0 bridgehead atoms. The molecule has 2 aliphatic rings. The second-order valence-corrected chi connectivity index (χ2v) is 6.98. The van der Waals surface area contributed by atoms with E-state index in [0.29, 0.717) is 5.41 Å². The first-order valence-electron chi connectivity index (χ1n) is 7.97. The Labute approximate surface area is 117 Å². The van der Waals surface area contributed by atoms with Crippen molar-refractivity contribution in [3.8, 4) is 0 Å². The van der Waals surface area contributed by atoms with Gasteiger partial charge in [0.25, 0.3) is 0 Å². The minimum Gasteiger partial charge on any atom is -0.316 e. The van der Waals surface area contributed by atoms with Crippen LogP contribution in [0.15, 0.2) is 24.3 Å². The summed E-state index contributed by atoms with van der Waals surface area (Å²) in [7, 11) is 0. The summed E-state index contributed by atoms with van der Waals surface area (Å²) in [6, 6.07) is 9.04. The normalized spacial score (nSPS) is 22.8. The van der Waals surface area contributed by atoms with E-state index in [0.717, 1.165) is 12.0 Å². The molecular formula is C18H27N. The third-order valence-electron chi connectivity index (χ3n) is 5.45. The molecular weight excluding hydrogens is 230 g/mol. The lowest BCUT2D eigenvalue weighted by Crippen LogP contribution is -2.57. The molecule has 2 aliphatic carbocycles. The van der Waals surface area contributed by atoms with E-state index in [1.807, 2.05) is 0 Å². The summed E-state index contributed by atoms with van der Waals surface area (Å²) >= 11 is 0. The highest BCUT2D eigenvalue weighted by atomic mass is 14.9. The van der Waals surface area contributed by atoms with Gasteiger partial charge in [-0.3, -0.25) is 0 Å². The van der Waals surface area contributed by atoms with Crippen LogP contribution in [0.25, 0.3) is 0 Å². The van der Waals surface area contributed by atoms with Crippen molar-refractivity contribution in [2.45, 2.75) is 57.8 Å². The zero-order valence-electron chi connectivity index (χ0n) is 12.5. The van der Waals surface area contributed by atoms with Gasteiger partial charge in [0.1, 0.15) is 0 Å². The van der Waals surface area contributed by atoms with Crippen molar-refractivity contribution in [3.63, 3.8) is 0 Å². The topological polar surface area (TPSA) is 12.0 Å². The number of benzene rings is 1. The van der Waals surface area contributed by atoms with Crippen LogP contribution in [-0.4, -0.2) is 13.1 Å². The Morgan fingerprint density at radius 2 is 1.89 bits per heavy atom. The van der Waals surface area contributed by atoms with E-state index in [9.17, 15) is 0 Å². The minimum atomic E-state index is 0.431. The molecule has 104 valence electrons. The van der Waals surface area contributed by atoms with Gasteiger partial charge in [0.05, 0.1) is 0 Å². The standard InChI is InChI=1S/C18H27N/c1-3-11-19-14-18(12-17(13-18)9-6-10-17)16-8-5-4-7-15(16)2/h4-5,7-8,19H,3,6,9-14H2,1-2H3. The van der Waals surface area contributed by atoms with Crippen molar-refractivity contribution >= 4 is 0 Å². The molecule has 1 aromatic rings. The smallest absolute Gasteiger partial charge is 0.00909 e. The highest BCUT2D eigenvalue weighted by Crippen LogP contribution is 2.65. The van der Waals surface area contributed by atoms with Crippen LogP contribution in [0.2, 0.25) is 0 Å². The SMILES string of the molecule is CCCNCC1(c2ccccc2C)CC2(CCC2)C1. The number of aryl methyl sites for hydroxylation is 1. The van der Waals surface area contributed by atoms with Crippen molar-refractivity contribution in [1.29, 1.82) is 0 Å². The first-order chi connectivity index (χ1) is 9.20. The Morgan fingerprint density at radius 3 is 2.47 bits per heavy atom. The average Bonchev–Trinajstić information content (AvgIpc) is 2.31. The summed E-state index contributed by atoms with van der Waals surface area (Å²) < 4.78 is 0. The van der Waals surface area contributed by atoms with Crippen LogP contribution in [0.3, 0.4) is 0 Å². The van der Waals surface area contributed by atoms with Crippen LogP contribution in [0.5, 0.6) is 0 Å². The van der Waals surface area contributed by atoms with Gasteiger partial charge in [0.2, 0.25) is 0 Å². The molecule has 0 atom stereocenters. The van der Waals surface area contributed by atoms with Crippen molar-refractivity contribution in [2.75, 3.05) is 13.1 Å². The van der Waals surface area contributed by atoms with E-state index in [2.05, 4.69) is 43.4 Å². The largest absolute Gasteiger partial charge is 0.316 e. The Hall–Kier alpha value is -0.820. The predicted octanol–water partition coefficient (Wildman–Crippen LogP) is 4.20. The van der Waals surface area contributed by atoms with Gasteiger partial charge in [0.15, 0.2) is 0 Å². The van der Waals surface area contributed by atoms with Crippen LogP contribution in [0.1, 0.15) is 56.6 Å². The van der Waals surface area contributed by atoms with E-state index < -0.39 is 0 Å². The van der Waals surface area contributed by atoms with Gasteiger partial charge in [-0.2, -0.15) is 0 Å². The highest BCUT2D eigenvalue weighted by Gasteiger charge is 2.57. The lowest BCUT2D eigenvalue weighted by molar-refractivity contribution is -0.0484. The van der Waals surface area contributed by atoms with Crippen molar-refractivity contribution in [2.24, 2.45) is 5.41 Å². The van der Waals surface area contributed by atoms with Crippen LogP contribution in [0.4, 0.5) is 0 Å². The predicted molar refractivity (Wildman–Crippen MR) is 81.5 cm³/mol. The van der Waals surface area contributed by atoms with Crippen molar-refractivity contribution < 1.29 is 0 Å². The molecule has 1 heteroatoms. The molecule has 19 heavy (non-hydrogen) atoms. The third-order valence-corrected chi connectivity index (χ3v) is 5.45. The Kier molecular flexibility index (Phi) is 3.42. The maximum absolute atomic E-state index is 3.69. The maximum Gasteiger partial charge on any atom is 0.00909 e. The van der Waals surface area contributed by atoms with Crippen LogP contribution in [0, 0.1) is 12.3 Å². The van der Waals surface area contributed by atoms with Gasteiger partial charge in [0, 0.05) is 12.0 Å². The molecule has 2 saturated carbocycles. The average molecular weight is 257 g/mol. The third kappa shape index (κ3) is 2.23. The first-order valence-corrected chi connectivity index (χ1v) is 7.97. The number of nitrogens with one attached hydrogen (secondary N) is 1. The summed E-state index contributed by atoms with van der Waals surface area (Å²) in [5.74, 6) is 0. The van der Waals surface area contributed by atoms with Gasteiger partial charge < -0.3 is 5.32 Å². The fourth-order valence-electron chi connectivity index (χ4n) is 4.50. The van der Waals surface area contributed by atoms with Crippen LogP contribution < -0.4 is 5.32 Å². The second kappa shape index (κ2) is 4.94. The molecule has 0 radical (unpaired) electrons. The zero-order chi connectivity index (χ0) is 13.3. The maximum atomic E-state index is 3.69. The molecule has 0 aromatic heterocycles. The monoisotopic (exact) mass is 257 g/mol. The van der Waals surface area contributed by atoms with Gasteiger partial charge in [-0.05, 0) is 62.1 Å². The summed E-state index contributed by atoms with van der Waals surface area (Å²) in [5.41, 5.74) is 4.25. The number of hydrogen-bond donors (Lipinski definition) is 1. The second-order valence-electron chi connectivity index (χ2n) is 6.98. The summed E-state index contributed by atoms with van der Waals surface area (Å²) in [6.07, 6.45) is 8.49. The summed E-state index contributed by atoms with van der Waals surface area (Å²) in [5, 5.41) is 3.69.